The Kier molecular flexibility index (Phi) is 8.06. The number of methoxy groups -OCH3 is 1. The van der Waals surface area contributed by atoms with E-state index in [0.717, 1.165) is 23.8 Å². The largest absolute Gasteiger partial charge is 0.375 e. The van der Waals surface area contributed by atoms with Crippen molar-refractivity contribution in [2.24, 2.45) is 4.99 Å². The summed E-state index contributed by atoms with van der Waals surface area (Å²) < 4.78 is 18.3. The minimum absolute atomic E-state index is 0.144. The van der Waals surface area contributed by atoms with Gasteiger partial charge in [0.2, 0.25) is 0 Å². The van der Waals surface area contributed by atoms with Crippen LogP contribution in [-0.2, 0) is 4.74 Å². The number of benzene rings is 1. The Balaban J connectivity index is 2.49. The van der Waals surface area contributed by atoms with Crippen molar-refractivity contribution in [2.75, 3.05) is 39.3 Å². The molecule has 0 bridgehead atoms. The van der Waals surface area contributed by atoms with E-state index in [-0.39, 0.29) is 11.9 Å². The fraction of sp³-hybridized carbons (Fsp3) is 0.500. The molecule has 0 saturated heterocycles. The minimum atomic E-state index is -0.244. The molecule has 20 heavy (non-hydrogen) atoms. The number of thioether (sulfide) groups is 1. The maximum absolute atomic E-state index is 12.9. The monoisotopic (exact) mass is 299 g/mol. The van der Waals surface area contributed by atoms with E-state index in [1.807, 2.05) is 0 Å². The van der Waals surface area contributed by atoms with Crippen LogP contribution in [0, 0.1) is 5.82 Å². The van der Waals surface area contributed by atoms with Crippen molar-refractivity contribution in [2.45, 2.75) is 6.10 Å². The van der Waals surface area contributed by atoms with Gasteiger partial charge in [-0.1, -0.05) is 12.1 Å². The lowest BCUT2D eigenvalue weighted by Gasteiger charge is -2.18. The summed E-state index contributed by atoms with van der Waals surface area (Å²) in [5, 5.41) is 6.42. The summed E-state index contributed by atoms with van der Waals surface area (Å²) in [6.07, 6.45) is 1.92. The highest BCUT2D eigenvalue weighted by Crippen LogP contribution is 2.15. The van der Waals surface area contributed by atoms with Gasteiger partial charge in [0.15, 0.2) is 5.96 Å². The van der Waals surface area contributed by atoms with Crippen LogP contribution in [0.3, 0.4) is 0 Å². The van der Waals surface area contributed by atoms with E-state index in [1.54, 1.807) is 38.1 Å². The SMILES string of the molecule is CN=C(NCCSC)NCC(OC)c1ccc(F)cc1. The van der Waals surface area contributed by atoms with Crippen LogP contribution in [0.5, 0.6) is 0 Å². The normalized spacial score (nSPS) is 13.1. The van der Waals surface area contributed by atoms with Gasteiger partial charge in [-0.2, -0.15) is 11.8 Å². The van der Waals surface area contributed by atoms with Crippen LogP contribution in [0.1, 0.15) is 11.7 Å². The zero-order valence-electron chi connectivity index (χ0n) is 12.1. The molecule has 0 spiro atoms. The molecule has 0 fully saturated rings. The zero-order chi connectivity index (χ0) is 14.8. The van der Waals surface area contributed by atoms with Crippen molar-refractivity contribution >= 4 is 17.7 Å². The number of nitrogens with zero attached hydrogens (tertiary/aromatic N) is 1. The second-order valence-corrected chi connectivity index (χ2v) is 5.13. The van der Waals surface area contributed by atoms with Gasteiger partial charge in [-0.25, -0.2) is 4.39 Å². The van der Waals surface area contributed by atoms with Crippen LogP contribution in [0.4, 0.5) is 4.39 Å². The molecule has 0 saturated carbocycles. The lowest BCUT2D eigenvalue weighted by molar-refractivity contribution is 0.106. The van der Waals surface area contributed by atoms with Crippen molar-refractivity contribution in [3.05, 3.63) is 35.6 Å². The van der Waals surface area contributed by atoms with Crippen LogP contribution >= 0.6 is 11.8 Å². The van der Waals surface area contributed by atoms with Crippen LogP contribution < -0.4 is 10.6 Å². The van der Waals surface area contributed by atoms with Gasteiger partial charge in [-0.05, 0) is 24.0 Å². The van der Waals surface area contributed by atoms with Gasteiger partial charge in [0, 0.05) is 33.0 Å². The van der Waals surface area contributed by atoms with Crippen molar-refractivity contribution in [1.82, 2.24) is 10.6 Å². The summed E-state index contributed by atoms with van der Waals surface area (Å²) in [6, 6.07) is 6.34. The number of hydrogen-bond acceptors (Lipinski definition) is 3. The Hall–Kier alpha value is -1.27. The number of aliphatic imine (C=N–C) groups is 1. The zero-order valence-corrected chi connectivity index (χ0v) is 13.0. The molecule has 4 nitrogen and oxygen atoms in total. The summed E-state index contributed by atoms with van der Waals surface area (Å²) in [5.41, 5.74) is 0.931. The number of hydrogen-bond donors (Lipinski definition) is 2. The molecule has 0 aliphatic heterocycles. The number of rotatable bonds is 7. The fourth-order valence-corrected chi connectivity index (χ4v) is 2.00. The lowest BCUT2D eigenvalue weighted by atomic mass is 10.1. The van der Waals surface area contributed by atoms with Gasteiger partial charge >= 0.3 is 0 Å². The maximum atomic E-state index is 12.9. The smallest absolute Gasteiger partial charge is 0.191 e. The van der Waals surface area contributed by atoms with E-state index >= 15 is 0 Å². The molecule has 0 radical (unpaired) electrons. The topological polar surface area (TPSA) is 45.7 Å². The Morgan fingerprint density at radius 3 is 2.60 bits per heavy atom. The lowest BCUT2D eigenvalue weighted by Crippen LogP contribution is -2.40. The summed E-state index contributed by atoms with van der Waals surface area (Å²) in [4.78, 5) is 4.14. The van der Waals surface area contributed by atoms with E-state index in [0.29, 0.717) is 6.54 Å². The number of guanidine groups is 1. The van der Waals surface area contributed by atoms with Gasteiger partial charge in [0.1, 0.15) is 5.82 Å². The first-order valence-electron chi connectivity index (χ1n) is 6.43. The van der Waals surface area contributed by atoms with E-state index in [2.05, 4.69) is 21.9 Å². The third-order valence-corrected chi connectivity index (χ3v) is 3.42. The third kappa shape index (κ3) is 5.79. The molecular weight excluding hydrogens is 277 g/mol. The Bertz CT molecular complexity index is 411. The predicted octanol–water partition coefficient (Wildman–Crippen LogP) is 2.04. The van der Waals surface area contributed by atoms with Gasteiger partial charge in [-0.3, -0.25) is 4.99 Å². The first-order valence-corrected chi connectivity index (χ1v) is 7.82. The highest BCUT2D eigenvalue weighted by Gasteiger charge is 2.11. The summed E-state index contributed by atoms with van der Waals surface area (Å²) in [6.45, 7) is 1.43. The van der Waals surface area contributed by atoms with Crippen molar-refractivity contribution in [1.29, 1.82) is 0 Å². The number of ether oxygens (including phenoxy) is 1. The minimum Gasteiger partial charge on any atom is -0.375 e. The Morgan fingerprint density at radius 2 is 2.05 bits per heavy atom. The molecule has 1 unspecified atom stereocenters. The average Bonchev–Trinajstić information content (AvgIpc) is 2.47. The molecule has 1 rings (SSSR count). The van der Waals surface area contributed by atoms with Crippen molar-refractivity contribution < 1.29 is 9.13 Å². The molecule has 1 aromatic rings. The second-order valence-electron chi connectivity index (χ2n) is 4.15. The van der Waals surface area contributed by atoms with Crippen molar-refractivity contribution in [3.8, 4) is 0 Å². The molecule has 6 heteroatoms. The standard InChI is InChI=1S/C14H22FN3OS/c1-16-14(17-8-9-20-3)18-10-13(19-2)11-4-6-12(15)7-5-11/h4-7,13H,8-10H2,1-3H3,(H2,16,17,18). The first kappa shape index (κ1) is 16.8. The van der Waals surface area contributed by atoms with Gasteiger partial charge in [0.25, 0.3) is 0 Å². The van der Waals surface area contributed by atoms with Crippen LogP contribution in [0.25, 0.3) is 0 Å². The third-order valence-electron chi connectivity index (χ3n) is 2.80. The fourth-order valence-electron chi connectivity index (χ4n) is 1.70. The highest BCUT2D eigenvalue weighted by molar-refractivity contribution is 7.98. The number of nitrogens with one attached hydrogen (secondary N) is 2. The molecule has 1 atom stereocenters. The Labute approximate surface area is 124 Å². The van der Waals surface area contributed by atoms with Crippen LogP contribution in [0.15, 0.2) is 29.3 Å². The highest BCUT2D eigenvalue weighted by atomic mass is 32.2. The van der Waals surface area contributed by atoms with Crippen molar-refractivity contribution in [3.63, 3.8) is 0 Å². The van der Waals surface area contributed by atoms with E-state index in [1.165, 1.54) is 12.1 Å². The van der Waals surface area contributed by atoms with E-state index < -0.39 is 0 Å². The maximum Gasteiger partial charge on any atom is 0.191 e. The summed E-state index contributed by atoms with van der Waals surface area (Å²) in [5.74, 6) is 1.51. The number of halogens is 1. The van der Waals surface area contributed by atoms with Gasteiger partial charge in [0.05, 0.1) is 6.10 Å². The molecule has 112 valence electrons. The molecule has 0 aromatic heterocycles. The van der Waals surface area contributed by atoms with Gasteiger partial charge in [-0.15, -0.1) is 0 Å². The molecule has 0 aliphatic rings. The van der Waals surface area contributed by atoms with Crippen LogP contribution in [-0.4, -0.2) is 45.2 Å². The quantitative estimate of drug-likeness (QED) is 0.459. The molecule has 0 amide bonds. The molecule has 0 heterocycles. The molecule has 2 N–H and O–H groups in total. The second kappa shape index (κ2) is 9.61. The summed E-state index contributed by atoms with van der Waals surface area (Å²) in [7, 11) is 3.37. The van der Waals surface area contributed by atoms with E-state index in [9.17, 15) is 4.39 Å². The predicted molar refractivity (Wildman–Crippen MR) is 83.9 cm³/mol. The van der Waals surface area contributed by atoms with Gasteiger partial charge < -0.3 is 15.4 Å². The van der Waals surface area contributed by atoms with Crippen LogP contribution in [0.2, 0.25) is 0 Å². The average molecular weight is 299 g/mol. The molecule has 0 aliphatic carbocycles. The Morgan fingerprint density at radius 1 is 1.35 bits per heavy atom. The first-order chi connectivity index (χ1) is 9.71. The summed E-state index contributed by atoms with van der Waals surface area (Å²) >= 11 is 1.78. The molecule has 1 aromatic carbocycles. The molecular formula is C14H22FN3OS. The van der Waals surface area contributed by atoms with E-state index in [4.69, 9.17) is 4.74 Å².